The van der Waals surface area contributed by atoms with Crippen LogP contribution in [0.4, 0.5) is 0 Å². The number of sulfone groups is 1. The third-order valence-electron chi connectivity index (χ3n) is 4.17. The Bertz CT molecular complexity index is 736. The first kappa shape index (κ1) is 16.7. The maximum absolute atomic E-state index is 12.0. The maximum atomic E-state index is 12.0. The van der Waals surface area contributed by atoms with Gasteiger partial charge < -0.3 is 0 Å². The van der Waals surface area contributed by atoms with Gasteiger partial charge in [0.15, 0.2) is 9.84 Å². The molecule has 1 aromatic rings. The van der Waals surface area contributed by atoms with Crippen LogP contribution in [-0.2, 0) is 14.6 Å². The second-order valence-electron chi connectivity index (χ2n) is 6.02. The SMILES string of the molecule is C/C(=N/NC(=O)[C@H]1CCS(=O)(=O)C1)c1cc(C)c(C)cc1C. The Kier molecular flexibility index (Phi) is 4.70. The molecule has 0 aliphatic carbocycles. The standard InChI is InChI=1S/C16H22N2O3S/c1-10-7-12(3)15(8-11(10)2)13(4)17-18-16(19)14-5-6-22(20,21)9-14/h7-8,14H,5-6,9H2,1-4H3,(H,18,19)/b17-13-/t14-/m0/s1. The first-order valence-electron chi connectivity index (χ1n) is 7.32. The van der Waals surface area contributed by atoms with Crippen LogP contribution in [0.3, 0.4) is 0 Å². The van der Waals surface area contributed by atoms with Crippen molar-refractivity contribution in [3.8, 4) is 0 Å². The first-order chi connectivity index (χ1) is 10.2. The zero-order chi connectivity index (χ0) is 16.5. The molecule has 0 unspecified atom stereocenters. The van der Waals surface area contributed by atoms with Crippen LogP contribution < -0.4 is 5.43 Å². The van der Waals surface area contributed by atoms with Gasteiger partial charge in [-0.25, -0.2) is 13.8 Å². The third-order valence-corrected chi connectivity index (χ3v) is 5.94. The molecule has 1 atom stereocenters. The van der Waals surface area contributed by atoms with E-state index >= 15 is 0 Å². The summed E-state index contributed by atoms with van der Waals surface area (Å²) in [6.45, 7) is 7.93. The molecule has 1 saturated heterocycles. The molecule has 120 valence electrons. The number of hydrogen-bond donors (Lipinski definition) is 1. The van der Waals surface area contributed by atoms with Gasteiger partial charge in [-0.15, -0.1) is 0 Å². The topological polar surface area (TPSA) is 75.6 Å². The highest BCUT2D eigenvalue weighted by molar-refractivity contribution is 7.91. The summed E-state index contributed by atoms with van der Waals surface area (Å²) in [5, 5.41) is 4.14. The molecule has 1 aromatic carbocycles. The van der Waals surface area contributed by atoms with Crippen molar-refractivity contribution >= 4 is 21.5 Å². The number of rotatable bonds is 3. The number of carbonyl (C=O) groups excluding carboxylic acids is 1. The van der Waals surface area contributed by atoms with Gasteiger partial charge >= 0.3 is 0 Å². The minimum Gasteiger partial charge on any atom is -0.273 e. The van der Waals surface area contributed by atoms with E-state index in [-0.39, 0.29) is 17.4 Å². The van der Waals surface area contributed by atoms with Gasteiger partial charge in [-0.1, -0.05) is 6.07 Å². The van der Waals surface area contributed by atoms with Gasteiger partial charge in [0.1, 0.15) is 0 Å². The Morgan fingerprint density at radius 2 is 1.82 bits per heavy atom. The lowest BCUT2D eigenvalue weighted by Crippen LogP contribution is -2.28. The van der Waals surface area contributed by atoms with Gasteiger partial charge in [0, 0.05) is 5.56 Å². The predicted molar refractivity (Wildman–Crippen MR) is 87.8 cm³/mol. The van der Waals surface area contributed by atoms with Crippen molar-refractivity contribution in [3.63, 3.8) is 0 Å². The van der Waals surface area contributed by atoms with E-state index in [1.54, 1.807) is 0 Å². The monoisotopic (exact) mass is 322 g/mol. The Hall–Kier alpha value is -1.69. The molecule has 1 aliphatic rings. The van der Waals surface area contributed by atoms with Crippen LogP contribution in [0, 0.1) is 26.7 Å². The van der Waals surface area contributed by atoms with Crippen molar-refractivity contribution in [2.24, 2.45) is 11.0 Å². The molecule has 0 radical (unpaired) electrons. The van der Waals surface area contributed by atoms with Crippen molar-refractivity contribution in [3.05, 3.63) is 34.4 Å². The van der Waals surface area contributed by atoms with E-state index in [2.05, 4.69) is 29.6 Å². The summed E-state index contributed by atoms with van der Waals surface area (Å²) in [7, 11) is -3.06. The second-order valence-corrected chi connectivity index (χ2v) is 8.25. The zero-order valence-corrected chi connectivity index (χ0v) is 14.3. The maximum Gasteiger partial charge on any atom is 0.244 e. The molecule has 5 nitrogen and oxygen atoms in total. The van der Waals surface area contributed by atoms with Crippen LogP contribution in [0.1, 0.15) is 35.6 Å². The smallest absolute Gasteiger partial charge is 0.244 e. The van der Waals surface area contributed by atoms with E-state index < -0.39 is 15.8 Å². The molecule has 1 heterocycles. The number of nitrogens with one attached hydrogen (secondary N) is 1. The Balaban J connectivity index is 2.10. The number of nitrogens with zero attached hydrogens (tertiary/aromatic N) is 1. The highest BCUT2D eigenvalue weighted by Gasteiger charge is 2.32. The van der Waals surface area contributed by atoms with E-state index in [0.29, 0.717) is 6.42 Å². The van der Waals surface area contributed by atoms with Crippen molar-refractivity contribution in [1.29, 1.82) is 0 Å². The summed E-state index contributed by atoms with van der Waals surface area (Å²) in [5.74, 6) is -0.788. The zero-order valence-electron chi connectivity index (χ0n) is 13.4. The lowest BCUT2D eigenvalue weighted by Gasteiger charge is -2.11. The van der Waals surface area contributed by atoms with Crippen molar-refractivity contribution in [1.82, 2.24) is 5.43 Å². The summed E-state index contributed by atoms with van der Waals surface area (Å²) >= 11 is 0. The summed E-state index contributed by atoms with van der Waals surface area (Å²) in [6, 6.07) is 4.14. The lowest BCUT2D eigenvalue weighted by atomic mass is 9.98. The van der Waals surface area contributed by atoms with E-state index in [1.807, 2.05) is 20.8 Å². The minimum atomic E-state index is -3.06. The highest BCUT2D eigenvalue weighted by atomic mass is 32.2. The molecule has 1 N–H and O–H groups in total. The Morgan fingerprint density at radius 3 is 2.41 bits per heavy atom. The molecule has 0 aromatic heterocycles. The van der Waals surface area contributed by atoms with Crippen LogP contribution in [-0.4, -0.2) is 31.5 Å². The van der Waals surface area contributed by atoms with E-state index in [1.165, 1.54) is 11.1 Å². The third kappa shape index (κ3) is 3.74. The van der Waals surface area contributed by atoms with Crippen LogP contribution in [0.5, 0.6) is 0 Å². The van der Waals surface area contributed by atoms with E-state index in [4.69, 9.17) is 0 Å². The van der Waals surface area contributed by atoms with Gasteiger partial charge in [-0.05, 0) is 56.9 Å². The van der Waals surface area contributed by atoms with Crippen LogP contribution >= 0.6 is 0 Å². The number of amides is 1. The van der Waals surface area contributed by atoms with Crippen LogP contribution in [0.2, 0.25) is 0 Å². The van der Waals surface area contributed by atoms with E-state index in [9.17, 15) is 13.2 Å². The minimum absolute atomic E-state index is 0.0733. The molecule has 22 heavy (non-hydrogen) atoms. The number of hydrogen-bond acceptors (Lipinski definition) is 4. The van der Waals surface area contributed by atoms with Crippen LogP contribution in [0.25, 0.3) is 0 Å². The average Bonchev–Trinajstić information content (AvgIpc) is 2.80. The van der Waals surface area contributed by atoms with Crippen molar-refractivity contribution < 1.29 is 13.2 Å². The molecular formula is C16H22N2O3S. The first-order valence-corrected chi connectivity index (χ1v) is 9.14. The van der Waals surface area contributed by atoms with Crippen molar-refractivity contribution in [2.75, 3.05) is 11.5 Å². The number of carbonyl (C=O) groups is 1. The quantitative estimate of drug-likeness (QED) is 0.682. The number of aryl methyl sites for hydroxylation is 3. The summed E-state index contributed by atoms with van der Waals surface area (Å²) in [6.07, 6.45) is 0.380. The molecule has 0 bridgehead atoms. The number of hydrazone groups is 1. The average molecular weight is 322 g/mol. The van der Waals surface area contributed by atoms with Gasteiger partial charge in [0.25, 0.3) is 0 Å². The molecule has 1 amide bonds. The fraction of sp³-hybridized carbons (Fsp3) is 0.500. The summed E-state index contributed by atoms with van der Waals surface area (Å²) in [4.78, 5) is 12.0. The van der Waals surface area contributed by atoms with Gasteiger partial charge in [0.2, 0.25) is 5.91 Å². The molecular weight excluding hydrogens is 300 g/mol. The fourth-order valence-electron chi connectivity index (χ4n) is 2.64. The summed E-state index contributed by atoms with van der Waals surface area (Å²) in [5.41, 5.74) is 7.70. The van der Waals surface area contributed by atoms with Crippen molar-refractivity contribution in [2.45, 2.75) is 34.1 Å². The van der Waals surface area contributed by atoms with Crippen LogP contribution in [0.15, 0.2) is 17.2 Å². The molecule has 0 saturated carbocycles. The normalized spacial score (nSPS) is 20.9. The van der Waals surface area contributed by atoms with Gasteiger partial charge in [-0.2, -0.15) is 5.10 Å². The Labute approximate surface area is 131 Å². The second kappa shape index (κ2) is 6.20. The van der Waals surface area contributed by atoms with Gasteiger partial charge in [0.05, 0.1) is 23.1 Å². The van der Waals surface area contributed by atoms with E-state index in [0.717, 1.165) is 16.8 Å². The Morgan fingerprint density at radius 1 is 1.18 bits per heavy atom. The lowest BCUT2D eigenvalue weighted by molar-refractivity contribution is -0.124. The molecule has 0 spiro atoms. The molecule has 1 fully saturated rings. The van der Waals surface area contributed by atoms with Gasteiger partial charge in [-0.3, -0.25) is 4.79 Å². The fourth-order valence-corrected chi connectivity index (χ4v) is 4.38. The molecule has 6 heteroatoms. The highest BCUT2D eigenvalue weighted by Crippen LogP contribution is 2.19. The predicted octanol–water partition coefficient (Wildman–Crippen LogP) is 1.89. The largest absolute Gasteiger partial charge is 0.273 e. The molecule has 2 rings (SSSR count). The molecule has 1 aliphatic heterocycles. The summed E-state index contributed by atoms with van der Waals surface area (Å²) < 4.78 is 22.8. The number of benzene rings is 1.